The fraction of sp³-hybridized carbons (Fsp3) is 0.450. The summed E-state index contributed by atoms with van der Waals surface area (Å²) in [7, 11) is 1.87. The van der Waals surface area contributed by atoms with E-state index in [-0.39, 0.29) is 11.9 Å². The first-order chi connectivity index (χ1) is 12.1. The van der Waals surface area contributed by atoms with E-state index in [0.29, 0.717) is 24.1 Å². The second-order valence-electron chi connectivity index (χ2n) is 6.87. The fourth-order valence-electron chi connectivity index (χ4n) is 3.54. The number of benzene rings is 1. The van der Waals surface area contributed by atoms with Gasteiger partial charge in [0.2, 0.25) is 0 Å². The number of likely N-dealkylation sites (tertiary alicyclic amines) is 1. The number of nitrogens with zero attached hydrogens (tertiary/aromatic N) is 2. The zero-order chi connectivity index (χ0) is 17.8. The third-order valence-corrected chi connectivity index (χ3v) is 5.16. The van der Waals surface area contributed by atoms with Crippen molar-refractivity contribution in [3.63, 3.8) is 0 Å². The third kappa shape index (κ3) is 4.11. The summed E-state index contributed by atoms with van der Waals surface area (Å²) in [4.78, 5) is 16.9. The average molecular weight is 341 g/mol. The lowest BCUT2D eigenvalue weighted by molar-refractivity contribution is 0.0511. The third-order valence-electron chi connectivity index (χ3n) is 5.16. The molecule has 1 aromatic carbocycles. The molecule has 0 saturated carbocycles. The Kier molecular flexibility index (Phi) is 5.56. The highest BCUT2D eigenvalue weighted by atomic mass is 16.4. The molecule has 2 aromatic rings. The van der Waals surface area contributed by atoms with Crippen molar-refractivity contribution in [1.29, 1.82) is 0 Å². The zero-order valence-electron chi connectivity index (χ0n) is 15.0. The van der Waals surface area contributed by atoms with Gasteiger partial charge in [-0.2, -0.15) is 0 Å². The SMILES string of the molecule is C[C@@H]1C[C@H](N(C)C(=O)c2ccc(CN)o2)CCN1Cc1ccccc1. The van der Waals surface area contributed by atoms with Gasteiger partial charge >= 0.3 is 0 Å². The number of hydrogen-bond acceptors (Lipinski definition) is 4. The van der Waals surface area contributed by atoms with Gasteiger partial charge in [0.1, 0.15) is 5.76 Å². The number of carbonyl (C=O) groups excluding carboxylic acids is 1. The summed E-state index contributed by atoms with van der Waals surface area (Å²) in [5, 5.41) is 0. The standard InChI is InChI=1S/C20H27N3O2/c1-15-12-17(10-11-23(15)14-16-6-4-3-5-7-16)22(2)20(24)19-9-8-18(13-21)25-19/h3-9,15,17H,10-14,21H2,1-2H3/t15-,17-/m1/s1. The van der Waals surface area contributed by atoms with Gasteiger partial charge in [0.25, 0.3) is 5.91 Å². The van der Waals surface area contributed by atoms with E-state index in [2.05, 4.69) is 36.1 Å². The minimum absolute atomic E-state index is 0.0617. The fourth-order valence-corrected chi connectivity index (χ4v) is 3.54. The molecule has 0 bridgehead atoms. The van der Waals surface area contributed by atoms with Gasteiger partial charge in [0, 0.05) is 32.2 Å². The zero-order valence-corrected chi connectivity index (χ0v) is 15.0. The molecule has 3 rings (SSSR count). The van der Waals surface area contributed by atoms with Gasteiger partial charge in [0.05, 0.1) is 6.54 Å². The molecule has 2 N–H and O–H groups in total. The number of nitrogens with two attached hydrogens (primary N) is 1. The average Bonchev–Trinajstić information content (AvgIpc) is 3.12. The molecule has 1 fully saturated rings. The van der Waals surface area contributed by atoms with E-state index in [1.54, 1.807) is 12.1 Å². The van der Waals surface area contributed by atoms with Crippen LogP contribution in [0.5, 0.6) is 0 Å². The summed E-state index contributed by atoms with van der Waals surface area (Å²) in [6.07, 6.45) is 1.95. The lowest BCUT2D eigenvalue weighted by atomic mass is 9.96. The van der Waals surface area contributed by atoms with Crippen LogP contribution < -0.4 is 5.73 Å². The van der Waals surface area contributed by atoms with E-state index in [1.165, 1.54) is 5.56 Å². The Morgan fingerprint density at radius 2 is 2.04 bits per heavy atom. The highest BCUT2D eigenvalue weighted by molar-refractivity contribution is 5.91. The van der Waals surface area contributed by atoms with Crippen molar-refractivity contribution in [1.82, 2.24) is 9.80 Å². The lowest BCUT2D eigenvalue weighted by Gasteiger charge is -2.41. The van der Waals surface area contributed by atoms with Crippen molar-refractivity contribution < 1.29 is 9.21 Å². The van der Waals surface area contributed by atoms with Gasteiger partial charge in [-0.15, -0.1) is 0 Å². The predicted molar refractivity (Wildman–Crippen MR) is 98.0 cm³/mol. The Labute approximate surface area is 149 Å². The molecule has 1 aromatic heterocycles. The minimum Gasteiger partial charge on any atom is -0.455 e. The molecular formula is C20H27N3O2. The van der Waals surface area contributed by atoms with E-state index in [9.17, 15) is 4.79 Å². The maximum atomic E-state index is 12.6. The number of furan rings is 1. The minimum atomic E-state index is -0.0617. The molecule has 2 atom stereocenters. The van der Waals surface area contributed by atoms with Crippen LogP contribution in [0.4, 0.5) is 0 Å². The number of piperidine rings is 1. The van der Waals surface area contributed by atoms with Crippen molar-refractivity contribution in [2.75, 3.05) is 13.6 Å². The monoisotopic (exact) mass is 341 g/mol. The summed E-state index contributed by atoms with van der Waals surface area (Å²) >= 11 is 0. The second-order valence-corrected chi connectivity index (χ2v) is 6.87. The summed E-state index contributed by atoms with van der Waals surface area (Å²) in [5.74, 6) is 0.957. The van der Waals surface area contributed by atoms with Gasteiger partial charge in [-0.05, 0) is 37.5 Å². The molecule has 1 aliphatic heterocycles. The van der Waals surface area contributed by atoms with Crippen LogP contribution in [0, 0.1) is 0 Å². The molecular weight excluding hydrogens is 314 g/mol. The Bertz CT molecular complexity index is 698. The van der Waals surface area contributed by atoms with Gasteiger partial charge in [-0.25, -0.2) is 0 Å². The number of amides is 1. The smallest absolute Gasteiger partial charge is 0.289 e. The predicted octanol–water partition coefficient (Wildman–Crippen LogP) is 2.86. The molecule has 0 aliphatic carbocycles. The van der Waals surface area contributed by atoms with Gasteiger partial charge in [0.15, 0.2) is 5.76 Å². The maximum absolute atomic E-state index is 12.6. The van der Waals surface area contributed by atoms with Crippen molar-refractivity contribution >= 4 is 5.91 Å². The van der Waals surface area contributed by atoms with Crippen LogP contribution in [0.25, 0.3) is 0 Å². The molecule has 2 heterocycles. The largest absolute Gasteiger partial charge is 0.455 e. The van der Waals surface area contributed by atoms with E-state index >= 15 is 0 Å². The summed E-state index contributed by atoms with van der Waals surface area (Å²) in [5.41, 5.74) is 6.89. The molecule has 5 nitrogen and oxygen atoms in total. The van der Waals surface area contributed by atoms with Crippen molar-refractivity contribution in [2.24, 2.45) is 5.73 Å². The Morgan fingerprint density at radius 3 is 2.68 bits per heavy atom. The maximum Gasteiger partial charge on any atom is 0.289 e. The first-order valence-electron chi connectivity index (χ1n) is 8.92. The first-order valence-corrected chi connectivity index (χ1v) is 8.92. The molecule has 1 saturated heterocycles. The van der Waals surface area contributed by atoms with Crippen LogP contribution in [0.3, 0.4) is 0 Å². The Hall–Kier alpha value is -2.11. The molecule has 0 spiro atoms. The highest BCUT2D eigenvalue weighted by Gasteiger charge is 2.31. The number of hydrogen-bond donors (Lipinski definition) is 1. The van der Waals surface area contributed by atoms with Crippen LogP contribution in [0.1, 0.15) is 41.6 Å². The summed E-state index contributed by atoms with van der Waals surface area (Å²) in [6.45, 7) is 4.51. The topological polar surface area (TPSA) is 62.7 Å². The van der Waals surface area contributed by atoms with E-state index in [0.717, 1.165) is 25.9 Å². The van der Waals surface area contributed by atoms with Crippen LogP contribution >= 0.6 is 0 Å². The molecule has 25 heavy (non-hydrogen) atoms. The molecule has 5 heteroatoms. The molecule has 1 amide bonds. The van der Waals surface area contributed by atoms with Gasteiger partial charge in [-0.1, -0.05) is 30.3 Å². The van der Waals surface area contributed by atoms with Crippen molar-refractivity contribution in [3.05, 3.63) is 59.5 Å². The van der Waals surface area contributed by atoms with Crippen molar-refractivity contribution in [3.8, 4) is 0 Å². The van der Waals surface area contributed by atoms with E-state index < -0.39 is 0 Å². The second kappa shape index (κ2) is 7.85. The van der Waals surface area contributed by atoms with Gasteiger partial charge in [-0.3, -0.25) is 9.69 Å². The van der Waals surface area contributed by atoms with Crippen LogP contribution in [0.2, 0.25) is 0 Å². The quantitative estimate of drug-likeness (QED) is 0.908. The first kappa shape index (κ1) is 17.7. The molecule has 0 unspecified atom stereocenters. The molecule has 134 valence electrons. The van der Waals surface area contributed by atoms with E-state index in [1.807, 2.05) is 18.0 Å². The number of carbonyl (C=O) groups is 1. The molecule has 0 radical (unpaired) electrons. The number of rotatable bonds is 5. The Morgan fingerprint density at radius 1 is 1.28 bits per heavy atom. The highest BCUT2D eigenvalue weighted by Crippen LogP contribution is 2.24. The van der Waals surface area contributed by atoms with Crippen LogP contribution in [-0.4, -0.2) is 41.4 Å². The summed E-state index contributed by atoms with van der Waals surface area (Å²) < 4.78 is 5.51. The Balaban J connectivity index is 1.59. The normalized spacial score (nSPS) is 21.2. The summed E-state index contributed by atoms with van der Waals surface area (Å²) in [6, 6.07) is 14.7. The molecule has 1 aliphatic rings. The van der Waals surface area contributed by atoms with Crippen molar-refractivity contribution in [2.45, 2.75) is 44.9 Å². The lowest BCUT2D eigenvalue weighted by Crippen LogP contribution is -2.49. The van der Waals surface area contributed by atoms with Gasteiger partial charge < -0.3 is 15.1 Å². The van der Waals surface area contributed by atoms with Crippen LogP contribution in [0.15, 0.2) is 46.9 Å². The van der Waals surface area contributed by atoms with Crippen LogP contribution in [-0.2, 0) is 13.1 Å². The van der Waals surface area contributed by atoms with E-state index in [4.69, 9.17) is 10.2 Å².